The molecule has 0 aliphatic carbocycles. The van der Waals surface area contributed by atoms with Crippen molar-refractivity contribution in [3.05, 3.63) is 35.9 Å². The van der Waals surface area contributed by atoms with E-state index in [4.69, 9.17) is 5.11 Å². The Bertz CT molecular complexity index is 434. The van der Waals surface area contributed by atoms with Crippen molar-refractivity contribution in [3.8, 4) is 0 Å². The minimum absolute atomic E-state index is 0.0623. The molecule has 2 atom stereocenters. The van der Waals surface area contributed by atoms with Gasteiger partial charge < -0.3 is 5.11 Å². The van der Waals surface area contributed by atoms with Gasteiger partial charge in [-0.15, -0.1) is 0 Å². The van der Waals surface area contributed by atoms with Crippen molar-refractivity contribution < 1.29 is 22.9 Å². The molecule has 0 spiro atoms. The van der Waals surface area contributed by atoms with Gasteiger partial charge >= 0.3 is 5.97 Å². The van der Waals surface area contributed by atoms with Crippen LogP contribution in [0, 0.1) is 0 Å². The Morgan fingerprint density at radius 2 is 1.94 bits per heavy atom. The van der Waals surface area contributed by atoms with E-state index in [0.29, 0.717) is 0 Å². The van der Waals surface area contributed by atoms with Gasteiger partial charge in [-0.1, -0.05) is 37.3 Å². The van der Waals surface area contributed by atoms with Crippen LogP contribution in [0.1, 0.15) is 18.9 Å². The first-order valence-corrected chi connectivity index (χ1v) is 6.80. The third kappa shape index (κ3) is 3.60. The van der Waals surface area contributed by atoms with Gasteiger partial charge in [0.25, 0.3) is 5.92 Å². The van der Waals surface area contributed by atoms with E-state index < -0.39 is 33.7 Å². The first-order chi connectivity index (χ1) is 8.38. The summed E-state index contributed by atoms with van der Waals surface area (Å²) in [5.41, 5.74) is -0.251. The predicted molar refractivity (Wildman–Crippen MR) is 65.1 cm³/mol. The zero-order valence-electron chi connectivity index (χ0n) is 9.81. The molecule has 100 valence electrons. The molecule has 0 radical (unpaired) electrons. The average Bonchev–Trinajstić information content (AvgIpc) is 2.29. The number of alkyl halides is 2. The lowest BCUT2D eigenvalue weighted by atomic mass is 10.1. The van der Waals surface area contributed by atoms with E-state index in [0.717, 1.165) is 0 Å². The Morgan fingerprint density at radius 1 is 1.39 bits per heavy atom. The second kappa shape index (κ2) is 6.04. The maximum absolute atomic E-state index is 13.8. The molecular weight excluding hydrogens is 262 g/mol. The molecule has 18 heavy (non-hydrogen) atoms. The van der Waals surface area contributed by atoms with Crippen molar-refractivity contribution >= 4 is 16.8 Å². The summed E-state index contributed by atoms with van der Waals surface area (Å²) < 4.78 is 39.2. The topological polar surface area (TPSA) is 54.4 Å². The van der Waals surface area contributed by atoms with Crippen LogP contribution in [0.2, 0.25) is 0 Å². The summed E-state index contributed by atoms with van der Waals surface area (Å²) in [7, 11) is -2.11. The van der Waals surface area contributed by atoms with E-state index in [1.807, 2.05) is 0 Å². The number of carbonyl (C=O) groups is 1. The number of halogens is 2. The van der Waals surface area contributed by atoms with Gasteiger partial charge in [-0.2, -0.15) is 0 Å². The molecule has 0 aromatic heterocycles. The Balaban J connectivity index is 2.83. The van der Waals surface area contributed by atoms with Crippen LogP contribution >= 0.6 is 0 Å². The van der Waals surface area contributed by atoms with Crippen LogP contribution in [0.25, 0.3) is 0 Å². The van der Waals surface area contributed by atoms with E-state index in [2.05, 4.69) is 0 Å². The maximum Gasteiger partial charge on any atom is 0.319 e. The Labute approximate surface area is 106 Å². The summed E-state index contributed by atoms with van der Waals surface area (Å²) in [4.78, 5) is 10.8. The fourth-order valence-electron chi connectivity index (χ4n) is 1.52. The molecule has 0 saturated carbocycles. The standard InChI is InChI=1S/C12H14F2O3S/c1-2-10(11(15)16)18(17)8-12(13,14)9-6-4-3-5-7-9/h3-7,10H,2,8H2,1H3,(H,15,16). The lowest BCUT2D eigenvalue weighted by molar-refractivity contribution is -0.136. The first-order valence-electron chi connectivity index (χ1n) is 5.42. The summed E-state index contributed by atoms with van der Waals surface area (Å²) in [6, 6.07) is 6.99. The lowest BCUT2D eigenvalue weighted by Gasteiger charge is -2.18. The van der Waals surface area contributed by atoms with E-state index in [1.54, 1.807) is 6.07 Å². The van der Waals surface area contributed by atoms with Crippen molar-refractivity contribution in [2.45, 2.75) is 24.5 Å². The third-order valence-electron chi connectivity index (χ3n) is 2.48. The number of carboxylic acids is 1. The summed E-state index contributed by atoms with van der Waals surface area (Å²) in [6.45, 7) is 1.51. The van der Waals surface area contributed by atoms with Crippen LogP contribution in [0.15, 0.2) is 30.3 Å². The number of benzene rings is 1. The second-order valence-corrected chi connectivity index (χ2v) is 5.45. The molecule has 0 saturated heterocycles. The van der Waals surface area contributed by atoms with Crippen molar-refractivity contribution in [3.63, 3.8) is 0 Å². The van der Waals surface area contributed by atoms with E-state index in [9.17, 15) is 17.8 Å². The highest BCUT2D eigenvalue weighted by Crippen LogP contribution is 2.29. The van der Waals surface area contributed by atoms with Gasteiger partial charge in [-0.05, 0) is 6.42 Å². The molecule has 3 nitrogen and oxygen atoms in total. The molecule has 0 aliphatic rings. The van der Waals surface area contributed by atoms with Gasteiger partial charge in [-0.3, -0.25) is 9.00 Å². The van der Waals surface area contributed by atoms with Crippen LogP contribution in [0.5, 0.6) is 0 Å². The maximum atomic E-state index is 13.8. The van der Waals surface area contributed by atoms with E-state index in [1.165, 1.54) is 31.2 Å². The minimum Gasteiger partial charge on any atom is -0.480 e. The average molecular weight is 276 g/mol. The number of rotatable bonds is 6. The normalized spacial score (nSPS) is 15.1. The third-order valence-corrected chi connectivity index (χ3v) is 4.30. The number of hydrogen-bond acceptors (Lipinski definition) is 2. The molecule has 0 amide bonds. The van der Waals surface area contributed by atoms with Crippen LogP contribution in [-0.2, 0) is 21.5 Å². The molecule has 6 heteroatoms. The lowest BCUT2D eigenvalue weighted by Crippen LogP contribution is -2.32. The highest BCUT2D eigenvalue weighted by molar-refractivity contribution is 7.86. The molecule has 0 fully saturated rings. The Hall–Kier alpha value is -1.30. The van der Waals surface area contributed by atoms with Gasteiger partial charge in [-0.25, -0.2) is 8.78 Å². The molecule has 2 unspecified atom stereocenters. The van der Waals surface area contributed by atoms with Gasteiger partial charge in [0.05, 0.1) is 5.75 Å². The van der Waals surface area contributed by atoms with Gasteiger partial charge in [0.1, 0.15) is 5.25 Å². The van der Waals surface area contributed by atoms with Crippen LogP contribution in [-0.4, -0.2) is 26.3 Å². The molecule has 1 aromatic carbocycles. The SMILES string of the molecule is CCC(C(=O)O)S(=O)CC(F)(F)c1ccccc1. The van der Waals surface area contributed by atoms with Crippen LogP contribution in [0.4, 0.5) is 8.78 Å². The molecular formula is C12H14F2O3S. The molecule has 1 N–H and O–H groups in total. The fraction of sp³-hybridized carbons (Fsp3) is 0.417. The van der Waals surface area contributed by atoms with E-state index in [-0.39, 0.29) is 12.0 Å². The summed E-state index contributed by atoms with van der Waals surface area (Å²) in [5, 5.41) is 7.52. The molecule has 0 bridgehead atoms. The van der Waals surface area contributed by atoms with Crippen molar-refractivity contribution in [1.29, 1.82) is 0 Å². The smallest absolute Gasteiger partial charge is 0.319 e. The number of aliphatic carboxylic acids is 1. The Kier molecular flexibility index (Phi) is 4.95. The van der Waals surface area contributed by atoms with Gasteiger partial charge in [0.15, 0.2) is 0 Å². The largest absolute Gasteiger partial charge is 0.480 e. The highest BCUT2D eigenvalue weighted by Gasteiger charge is 2.37. The highest BCUT2D eigenvalue weighted by atomic mass is 32.2. The molecule has 0 heterocycles. The minimum atomic E-state index is -3.28. The molecule has 1 rings (SSSR count). The zero-order valence-corrected chi connectivity index (χ0v) is 10.6. The molecule has 0 aliphatic heterocycles. The first kappa shape index (κ1) is 14.8. The monoisotopic (exact) mass is 276 g/mol. The number of hydrogen-bond donors (Lipinski definition) is 1. The van der Waals surface area contributed by atoms with Crippen molar-refractivity contribution in [1.82, 2.24) is 0 Å². The van der Waals surface area contributed by atoms with Gasteiger partial charge in [0, 0.05) is 16.4 Å². The molecule has 1 aromatic rings. The van der Waals surface area contributed by atoms with E-state index >= 15 is 0 Å². The summed E-state index contributed by atoms with van der Waals surface area (Å²) >= 11 is 0. The quantitative estimate of drug-likeness (QED) is 0.868. The Morgan fingerprint density at radius 3 is 2.39 bits per heavy atom. The summed E-state index contributed by atoms with van der Waals surface area (Å²) in [6.07, 6.45) is 0.0623. The van der Waals surface area contributed by atoms with Crippen LogP contribution in [0.3, 0.4) is 0 Å². The van der Waals surface area contributed by atoms with Crippen LogP contribution < -0.4 is 0 Å². The van der Waals surface area contributed by atoms with Crippen molar-refractivity contribution in [2.75, 3.05) is 5.75 Å². The second-order valence-electron chi connectivity index (χ2n) is 3.83. The predicted octanol–water partition coefficient (Wildman–Crippen LogP) is 2.39. The zero-order chi connectivity index (χ0) is 13.8. The van der Waals surface area contributed by atoms with Gasteiger partial charge in [0.2, 0.25) is 0 Å². The fourth-order valence-corrected chi connectivity index (χ4v) is 2.84. The van der Waals surface area contributed by atoms with Crippen molar-refractivity contribution in [2.24, 2.45) is 0 Å². The summed E-state index contributed by atoms with van der Waals surface area (Å²) in [5.74, 6) is -5.56. The number of carboxylic acid groups (broad SMARTS) is 1.